The first-order valence-electron chi connectivity index (χ1n) is 9.20. The van der Waals surface area contributed by atoms with Gasteiger partial charge in [-0.05, 0) is 42.7 Å². The van der Waals surface area contributed by atoms with Gasteiger partial charge in [0, 0.05) is 37.3 Å². The summed E-state index contributed by atoms with van der Waals surface area (Å²) in [6, 6.07) is 13.4. The summed E-state index contributed by atoms with van der Waals surface area (Å²) in [4.78, 5) is 15.6. The third-order valence-electron chi connectivity index (χ3n) is 5.54. The van der Waals surface area contributed by atoms with Crippen molar-refractivity contribution in [2.75, 3.05) is 18.0 Å². The average molecular weight is 376 g/mol. The normalized spacial score (nSPS) is 20.5. The molecule has 7 nitrogen and oxygen atoms in total. The zero-order chi connectivity index (χ0) is 19.3. The maximum Gasteiger partial charge on any atom is 0.250 e. The minimum absolute atomic E-state index is 0.0422. The molecule has 2 bridgehead atoms. The van der Waals surface area contributed by atoms with E-state index in [1.807, 2.05) is 10.6 Å². The number of hydrogen-bond acceptors (Lipinski definition) is 5. The molecule has 2 aliphatic heterocycles. The molecule has 0 spiro atoms. The number of nitriles is 1. The van der Waals surface area contributed by atoms with Crippen LogP contribution in [0.25, 0.3) is 5.69 Å². The molecule has 0 unspecified atom stereocenters. The van der Waals surface area contributed by atoms with Crippen LogP contribution in [0.3, 0.4) is 0 Å². The van der Waals surface area contributed by atoms with Gasteiger partial charge >= 0.3 is 0 Å². The molecule has 1 fully saturated rings. The van der Waals surface area contributed by atoms with Crippen molar-refractivity contribution in [1.82, 2.24) is 19.6 Å². The molecule has 8 heteroatoms. The third-order valence-corrected chi connectivity index (χ3v) is 5.54. The number of piperidine rings is 1. The Morgan fingerprint density at radius 2 is 1.89 bits per heavy atom. The van der Waals surface area contributed by atoms with E-state index in [4.69, 9.17) is 0 Å². The molecular formula is C20H17FN6O. The van der Waals surface area contributed by atoms with E-state index in [9.17, 15) is 14.4 Å². The van der Waals surface area contributed by atoms with Gasteiger partial charge in [0.2, 0.25) is 5.69 Å². The van der Waals surface area contributed by atoms with E-state index in [1.54, 1.807) is 24.3 Å². The van der Waals surface area contributed by atoms with E-state index in [2.05, 4.69) is 21.2 Å². The second-order valence-electron chi connectivity index (χ2n) is 7.35. The predicted molar refractivity (Wildman–Crippen MR) is 99.8 cm³/mol. The van der Waals surface area contributed by atoms with Gasteiger partial charge in [0.1, 0.15) is 11.9 Å². The van der Waals surface area contributed by atoms with Crippen LogP contribution in [0, 0.1) is 23.1 Å². The van der Waals surface area contributed by atoms with E-state index < -0.39 is 0 Å². The highest BCUT2D eigenvalue weighted by Crippen LogP contribution is 2.37. The van der Waals surface area contributed by atoms with Crippen molar-refractivity contribution in [2.24, 2.45) is 5.92 Å². The Kier molecular flexibility index (Phi) is 3.76. The SMILES string of the molecule is N#Cc1nn(-c2ccc(F)cc2)nc1N1C[C@@H]2C[C@@H](C1)c1cccc(=O)n1C2. The van der Waals surface area contributed by atoms with Crippen molar-refractivity contribution in [2.45, 2.75) is 18.9 Å². The van der Waals surface area contributed by atoms with Gasteiger partial charge in [0.15, 0.2) is 5.82 Å². The van der Waals surface area contributed by atoms with Crippen molar-refractivity contribution >= 4 is 5.82 Å². The highest BCUT2D eigenvalue weighted by Gasteiger charge is 2.36. The van der Waals surface area contributed by atoms with Gasteiger partial charge in [0.05, 0.1) is 5.69 Å². The fraction of sp³-hybridized carbons (Fsp3) is 0.300. The molecule has 3 aromatic rings. The van der Waals surface area contributed by atoms with Gasteiger partial charge < -0.3 is 9.47 Å². The standard InChI is InChI=1S/C20H17FN6O/c21-15-4-6-16(7-5-15)27-23-17(9-22)20(24-27)25-10-13-8-14(12-25)18-2-1-3-19(28)26(18)11-13/h1-7,13-14H,8,10-12H2/t13-,14-/m0/s1. The number of pyridine rings is 1. The zero-order valence-corrected chi connectivity index (χ0v) is 15.0. The van der Waals surface area contributed by atoms with E-state index in [-0.39, 0.29) is 23.0 Å². The highest BCUT2D eigenvalue weighted by atomic mass is 19.1. The van der Waals surface area contributed by atoms with Crippen LogP contribution in [-0.2, 0) is 6.54 Å². The number of halogens is 1. The van der Waals surface area contributed by atoms with E-state index in [1.165, 1.54) is 16.9 Å². The highest BCUT2D eigenvalue weighted by molar-refractivity contribution is 5.51. The summed E-state index contributed by atoms with van der Waals surface area (Å²) >= 11 is 0. The number of hydrogen-bond donors (Lipinski definition) is 0. The van der Waals surface area contributed by atoms with Crippen molar-refractivity contribution in [3.63, 3.8) is 0 Å². The van der Waals surface area contributed by atoms with Crippen LogP contribution in [0.1, 0.15) is 23.7 Å². The summed E-state index contributed by atoms with van der Waals surface area (Å²) in [7, 11) is 0. The number of nitrogens with zero attached hydrogens (tertiary/aromatic N) is 6. The minimum atomic E-state index is -0.339. The number of benzene rings is 1. The molecule has 28 heavy (non-hydrogen) atoms. The first-order chi connectivity index (χ1) is 13.6. The fourth-order valence-electron chi connectivity index (χ4n) is 4.34. The van der Waals surface area contributed by atoms with Crippen molar-refractivity contribution in [3.05, 3.63) is 70.0 Å². The molecule has 0 N–H and O–H groups in total. The quantitative estimate of drug-likeness (QED) is 0.684. The van der Waals surface area contributed by atoms with Gasteiger partial charge in [-0.1, -0.05) is 6.07 Å². The van der Waals surface area contributed by atoms with Gasteiger partial charge in [-0.3, -0.25) is 4.79 Å². The summed E-state index contributed by atoms with van der Waals surface area (Å²) in [5, 5.41) is 18.4. The smallest absolute Gasteiger partial charge is 0.250 e. The molecule has 2 aliphatic rings. The molecule has 0 saturated carbocycles. The number of rotatable bonds is 2. The molecule has 5 rings (SSSR count). The molecule has 0 radical (unpaired) electrons. The second-order valence-corrected chi connectivity index (χ2v) is 7.35. The van der Waals surface area contributed by atoms with E-state index >= 15 is 0 Å². The molecule has 4 heterocycles. The third kappa shape index (κ3) is 2.67. The largest absolute Gasteiger partial charge is 0.352 e. The number of fused-ring (bicyclic) bond motifs is 4. The Morgan fingerprint density at radius 1 is 1.07 bits per heavy atom. The molecule has 0 aliphatic carbocycles. The molecule has 1 aromatic carbocycles. The monoisotopic (exact) mass is 376 g/mol. The van der Waals surface area contributed by atoms with Crippen LogP contribution in [-0.4, -0.2) is 32.7 Å². The first kappa shape index (κ1) is 16.7. The van der Waals surface area contributed by atoms with Crippen LogP contribution in [0.4, 0.5) is 10.2 Å². The average Bonchev–Trinajstić information content (AvgIpc) is 3.14. The van der Waals surface area contributed by atoms with Crippen LogP contribution >= 0.6 is 0 Å². The van der Waals surface area contributed by atoms with Gasteiger partial charge in [-0.15, -0.1) is 15.0 Å². The lowest BCUT2D eigenvalue weighted by atomic mass is 9.83. The lowest BCUT2D eigenvalue weighted by molar-refractivity contribution is 0.280. The van der Waals surface area contributed by atoms with E-state index in [0.29, 0.717) is 37.1 Å². The van der Waals surface area contributed by atoms with Gasteiger partial charge in [0.25, 0.3) is 5.56 Å². The Morgan fingerprint density at radius 3 is 2.68 bits per heavy atom. The van der Waals surface area contributed by atoms with Crippen LogP contribution in [0.2, 0.25) is 0 Å². The predicted octanol–water partition coefficient (Wildman–Crippen LogP) is 2.06. The van der Waals surface area contributed by atoms with Crippen LogP contribution in [0.15, 0.2) is 47.3 Å². The number of aromatic nitrogens is 4. The summed E-state index contributed by atoms with van der Waals surface area (Å²) < 4.78 is 15.1. The summed E-state index contributed by atoms with van der Waals surface area (Å²) in [5.41, 5.74) is 1.92. The topological polar surface area (TPSA) is 79.7 Å². The van der Waals surface area contributed by atoms with Crippen LogP contribution < -0.4 is 10.5 Å². The molecule has 2 aromatic heterocycles. The minimum Gasteiger partial charge on any atom is -0.352 e. The molecule has 2 atom stereocenters. The van der Waals surface area contributed by atoms with Gasteiger partial charge in [-0.2, -0.15) is 5.26 Å². The van der Waals surface area contributed by atoms with Crippen molar-refractivity contribution < 1.29 is 4.39 Å². The Labute approximate surface area is 160 Å². The Balaban J connectivity index is 1.50. The molecular weight excluding hydrogens is 359 g/mol. The molecule has 1 saturated heterocycles. The summed E-state index contributed by atoms with van der Waals surface area (Å²) in [5.74, 6) is 0.723. The van der Waals surface area contributed by atoms with Crippen LogP contribution in [0.5, 0.6) is 0 Å². The second kappa shape index (κ2) is 6.30. The lowest BCUT2D eigenvalue weighted by Gasteiger charge is -2.42. The first-order valence-corrected chi connectivity index (χ1v) is 9.20. The van der Waals surface area contributed by atoms with E-state index in [0.717, 1.165) is 12.1 Å². The van der Waals surface area contributed by atoms with Crippen molar-refractivity contribution in [1.29, 1.82) is 5.26 Å². The maximum absolute atomic E-state index is 13.2. The Bertz CT molecular complexity index is 1140. The summed E-state index contributed by atoms with van der Waals surface area (Å²) in [6.45, 7) is 2.07. The summed E-state index contributed by atoms with van der Waals surface area (Å²) in [6.07, 6.45) is 1.02. The molecule has 140 valence electrons. The number of anilines is 1. The maximum atomic E-state index is 13.2. The van der Waals surface area contributed by atoms with Crippen molar-refractivity contribution in [3.8, 4) is 11.8 Å². The van der Waals surface area contributed by atoms with Gasteiger partial charge in [-0.25, -0.2) is 4.39 Å². The lowest BCUT2D eigenvalue weighted by Crippen LogP contribution is -2.47. The molecule has 0 amide bonds. The Hall–Kier alpha value is -3.47. The zero-order valence-electron chi connectivity index (χ0n) is 15.0. The fourth-order valence-corrected chi connectivity index (χ4v) is 4.34.